The minimum absolute atomic E-state index is 0.185. The molecular weight excluding hydrogens is 300 g/mol. The van der Waals surface area contributed by atoms with Crippen molar-refractivity contribution in [2.24, 2.45) is 11.8 Å². The number of aryl methyl sites for hydroxylation is 3. The number of fused-ring (bicyclic) bond motifs is 2. The summed E-state index contributed by atoms with van der Waals surface area (Å²) in [5.74, 6) is 1.71. The van der Waals surface area contributed by atoms with Crippen LogP contribution in [0.1, 0.15) is 54.7 Å². The summed E-state index contributed by atoms with van der Waals surface area (Å²) in [6, 6.07) is 2.45. The second-order valence-corrected chi connectivity index (χ2v) is 7.52. The Labute approximate surface area is 142 Å². The Balaban J connectivity index is 1.42. The van der Waals surface area contributed by atoms with Gasteiger partial charge in [-0.2, -0.15) is 5.10 Å². The normalized spacial score (nSPS) is 25.5. The van der Waals surface area contributed by atoms with Crippen molar-refractivity contribution in [3.8, 4) is 0 Å². The third-order valence-electron chi connectivity index (χ3n) is 5.87. The van der Waals surface area contributed by atoms with E-state index in [4.69, 9.17) is 0 Å². The van der Waals surface area contributed by atoms with Crippen molar-refractivity contribution in [3.05, 3.63) is 28.7 Å². The Morgan fingerprint density at radius 2 is 1.96 bits per heavy atom. The molecule has 2 saturated carbocycles. The largest absolute Gasteiger partial charge is 0.353 e. The third-order valence-corrected chi connectivity index (χ3v) is 5.87. The van der Waals surface area contributed by atoms with E-state index in [9.17, 15) is 4.79 Å². The average Bonchev–Trinajstić information content (AvgIpc) is 3.10. The van der Waals surface area contributed by atoms with Crippen molar-refractivity contribution in [2.45, 2.75) is 65.3 Å². The van der Waals surface area contributed by atoms with Gasteiger partial charge in [0.05, 0.1) is 5.69 Å². The predicted octanol–water partition coefficient (Wildman–Crippen LogP) is 2.89. The van der Waals surface area contributed by atoms with Gasteiger partial charge in [-0.3, -0.25) is 4.79 Å². The van der Waals surface area contributed by atoms with Gasteiger partial charge in [0, 0.05) is 29.9 Å². The highest BCUT2D eigenvalue weighted by Gasteiger charge is 2.51. The second-order valence-electron chi connectivity index (χ2n) is 7.52. The average molecular weight is 326 g/mol. The summed E-state index contributed by atoms with van der Waals surface area (Å²) >= 11 is 0. The maximum absolute atomic E-state index is 12.3. The maximum Gasteiger partial charge on any atom is 0.220 e. The fraction of sp³-hybridized carbons (Fsp3) is 0.632. The van der Waals surface area contributed by atoms with Gasteiger partial charge in [0.2, 0.25) is 5.91 Å². The number of amides is 1. The van der Waals surface area contributed by atoms with E-state index < -0.39 is 0 Å². The number of nitrogens with zero attached hydrogens (tertiary/aromatic N) is 3. The number of hydrogen-bond acceptors (Lipinski definition) is 3. The highest BCUT2D eigenvalue weighted by atomic mass is 16.1. The Kier molecular flexibility index (Phi) is 3.82. The molecule has 2 aliphatic carbocycles. The lowest BCUT2D eigenvalue weighted by Crippen LogP contribution is -2.28. The van der Waals surface area contributed by atoms with Crippen LogP contribution in [0.25, 0.3) is 5.65 Å². The Morgan fingerprint density at radius 3 is 2.67 bits per heavy atom. The summed E-state index contributed by atoms with van der Waals surface area (Å²) in [5, 5.41) is 7.77. The van der Waals surface area contributed by atoms with Gasteiger partial charge in [0.1, 0.15) is 0 Å². The zero-order chi connectivity index (χ0) is 16.8. The molecule has 2 aromatic rings. The van der Waals surface area contributed by atoms with E-state index in [1.54, 1.807) is 0 Å². The molecule has 24 heavy (non-hydrogen) atoms. The minimum Gasteiger partial charge on any atom is -0.353 e. The van der Waals surface area contributed by atoms with E-state index in [0.717, 1.165) is 46.5 Å². The molecule has 5 heteroatoms. The van der Waals surface area contributed by atoms with E-state index in [2.05, 4.69) is 22.3 Å². The van der Waals surface area contributed by atoms with Crippen LogP contribution in [0.15, 0.2) is 6.07 Å². The van der Waals surface area contributed by atoms with E-state index >= 15 is 0 Å². The standard InChI is InChI=1S/C19H26N4O/c1-11-10-17-20-12(2)14(13(3)23(17)22-11)8-9-18(24)21-19-15-6-4-5-7-16(15)19/h10,15-16,19H,4-9H2,1-3H3,(H,21,24)/t15-,16+,19?. The first-order chi connectivity index (χ1) is 11.5. The Morgan fingerprint density at radius 1 is 1.25 bits per heavy atom. The van der Waals surface area contributed by atoms with Gasteiger partial charge in [-0.15, -0.1) is 0 Å². The van der Waals surface area contributed by atoms with Crippen LogP contribution in [0.5, 0.6) is 0 Å². The molecular formula is C19H26N4O. The fourth-order valence-electron chi connectivity index (χ4n) is 4.51. The van der Waals surface area contributed by atoms with Gasteiger partial charge in [-0.25, -0.2) is 9.50 Å². The summed E-state index contributed by atoms with van der Waals surface area (Å²) in [5.41, 5.74) is 5.11. The molecule has 0 bridgehead atoms. The molecule has 4 rings (SSSR count). The first-order valence-corrected chi connectivity index (χ1v) is 9.16. The monoisotopic (exact) mass is 326 g/mol. The molecule has 128 valence electrons. The summed E-state index contributed by atoms with van der Waals surface area (Å²) in [6.07, 6.45) is 6.53. The van der Waals surface area contributed by atoms with Crippen LogP contribution in [0, 0.1) is 32.6 Å². The van der Waals surface area contributed by atoms with Crippen LogP contribution >= 0.6 is 0 Å². The van der Waals surface area contributed by atoms with Crippen molar-refractivity contribution in [1.82, 2.24) is 19.9 Å². The maximum atomic E-state index is 12.3. The van der Waals surface area contributed by atoms with Gasteiger partial charge in [-0.1, -0.05) is 12.8 Å². The van der Waals surface area contributed by atoms with Gasteiger partial charge < -0.3 is 5.32 Å². The lowest BCUT2D eigenvalue weighted by molar-refractivity contribution is -0.121. The zero-order valence-electron chi connectivity index (χ0n) is 14.8. The lowest BCUT2D eigenvalue weighted by Gasteiger charge is -2.11. The molecule has 5 nitrogen and oxygen atoms in total. The first-order valence-electron chi connectivity index (χ1n) is 9.16. The smallest absolute Gasteiger partial charge is 0.220 e. The molecule has 0 saturated heterocycles. The van der Waals surface area contributed by atoms with Crippen LogP contribution in [0.3, 0.4) is 0 Å². The molecule has 2 aliphatic rings. The number of nitrogens with one attached hydrogen (secondary N) is 1. The van der Waals surface area contributed by atoms with Crippen molar-refractivity contribution in [2.75, 3.05) is 0 Å². The van der Waals surface area contributed by atoms with E-state index in [-0.39, 0.29) is 5.91 Å². The molecule has 0 radical (unpaired) electrons. The summed E-state index contributed by atoms with van der Waals surface area (Å²) in [6.45, 7) is 6.07. The SMILES string of the molecule is Cc1cc2nc(C)c(CCC(=O)NC3[C@H]4CCCC[C@@H]34)c(C)n2n1. The van der Waals surface area contributed by atoms with Crippen molar-refractivity contribution >= 4 is 11.6 Å². The van der Waals surface area contributed by atoms with Gasteiger partial charge >= 0.3 is 0 Å². The highest BCUT2D eigenvalue weighted by Crippen LogP contribution is 2.49. The number of rotatable bonds is 4. The second kappa shape index (κ2) is 5.87. The Hall–Kier alpha value is -1.91. The molecule has 0 aliphatic heterocycles. The fourth-order valence-corrected chi connectivity index (χ4v) is 4.51. The molecule has 0 aromatic carbocycles. The molecule has 1 amide bonds. The van der Waals surface area contributed by atoms with Crippen LogP contribution in [-0.2, 0) is 11.2 Å². The van der Waals surface area contributed by atoms with E-state index in [1.165, 1.54) is 25.7 Å². The van der Waals surface area contributed by atoms with Crippen LogP contribution in [0.2, 0.25) is 0 Å². The third kappa shape index (κ3) is 2.70. The molecule has 2 fully saturated rings. The zero-order valence-corrected chi connectivity index (χ0v) is 14.8. The van der Waals surface area contributed by atoms with Gasteiger partial charge in [0.15, 0.2) is 5.65 Å². The topological polar surface area (TPSA) is 59.3 Å². The summed E-state index contributed by atoms with van der Waals surface area (Å²) in [7, 11) is 0. The van der Waals surface area contributed by atoms with E-state index in [1.807, 2.05) is 24.4 Å². The van der Waals surface area contributed by atoms with Gasteiger partial charge in [-0.05, 0) is 57.4 Å². The predicted molar refractivity (Wildman–Crippen MR) is 92.9 cm³/mol. The highest BCUT2D eigenvalue weighted by molar-refractivity contribution is 5.77. The van der Waals surface area contributed by atoms with Crippen LogP contribution < -0.4 is 5.32 Å². The lowest BCUT2D eigenvalue weighted by atomic mass is 10.0. The molecule has 1 N–H and O–H groups in total. The van der Waals surface area contributed by atoms with Crippen molar-refractivity contribution in [1.29, 1.82) is 0 Å². The molecule has 3 atom stereocenters. The Bertz CT molecular complexity index is 782. The quantitative estimate of drug-likeness (QED) is 0.940. The van der Waals surface area contributed by atoms with Crippen LogP contribution in [0.4, 0.5) is 0 Å². The summed E-state index contributed by atoms with van der Waals surface area (Å²) < 4.78 is 1.89. The minimum atomic E-state index is 0.185. The number of hydrogen-bond donors (Lipinski definition) is 1. The molecule has 2 aromatic heterocycles. The number of aromatic nitrogens is 3. The molecule has 0 spiro atoms. The molecule has 2 heterocycles. The summed E-state index contributed by atoms with van der Waals surface area (Å²) in [4.78, 5) is 17.0. The van der Waals surface area contributed by atoms with E-state index in [0.29, 0.717) is 12.5 Å². The van der Waals surface area contributed by atoms with Crippen molar-refractivity contribution < 1.29 is 4.79 Å². The van der Waals surface area contributed by atoms with Gasteiger partial charge in [0.25, 0.3) is 0 Å². The molecule has 1 unspecified atom stereocenters. The number of carbonyl (C=O) groups is 1. The van der Waals surface area contributed by atoms with Crippen molar-refractivity contribution in [3.63, 3.8) is 0 Å². The van der Waals surface area contributed by atoms with Crippen LogP contribution in [-0.4, -0.2) is 26.5 Å². The number of carbonyl (C=O) groups excluding carboxylic acids is 1. The first kappa shape index (κ1) is 15.6.